The van der Waals surface area contributed by atoms with Crippen molar-refractivity contribution in [1.29, 1.82) is 0 Å². The Kier molecular flexibility index (Phi) is 4.80. The molecule has 1 rings (SSSR count). The molecule has 0 aliphatic carbocycles. The number of anilines is 1. The first-order chi connectivity index (χ1) is 7.87. The topological polar surface area (TPSA) is 49.5 Å². The first-order valence-corrected chi connectivity index (χ1v) is 6.21. The van der Waals surface area contributed by atoms with E-state index >= 15 is 0 Å². The average Bonchev–Trinajstić information content (AvgIpc) is 2.24. The molecule has 4 heteroatoms. The smallest absolute Gasteiger partial charge is 0.0765 e. The fraction of sp³-hybridized carbons (Fsp3) is 0.538. The molecule has 0 bridgehead atoms. The highest BCUT2D eigenvalue weighted by atomic mass is 35.5. The van der Waals surface area contributed by atoms with Crippen LogP contribution in [0.4, 0.5) is 5.69 Å². The number of hydrogen-bond donors (Lipinski definition) is 2. The van der Waals surface area contributed by atoms with Gasteiger partial charge in [0.1, 0.15) is 0 Å². The largest absolute Gasteiger partial charge is 0.389 e. The maximum Gasteiger partial charge on any atom is 0.0765 e. The highest BCUT2D eigenvalue weighted by molar-refractivity contribution is 6.31. The van der Waals surface area contributed by atoms with Crippen molar-refractivity contribution in [2.45, 2.75) is 32.9 Å². The molecule has 0 fully saturated rings. The number of aliphatic hydroxyl groups is 1. The summed E-state index contributed by atoms with van der Waals surface area (Å²) in [6.07, 6.45) is 0. The van der Waals surface area contributed by atoms with Gasteiger partial charge in [-0.3, -0.25) is 0 Å². The number of likely N-dealkylation sites (N-methyl/N-ethyl adjacent to an activating group) is 1. The average molecular weight is 257 g/mol. The Morgan fingerprint density at radius 1 is 1.41 bits per heavy atom. The third-order valence-corrected chi connectivity index (χ3v) is 2.93. The van der Waals surface area contributed by atoms with Gasteiger partial charge in [-0.25, -0.2) is 0 Å². The lowest BCUT2D eigenvalue weighted by Gasteiger charge is -2.30. The van der Waals surface area contributed by atoms with Gasteiger partial charge in [0, 0.05) is 30.3 Å². The fourth-order valence-electron chi connectivity index (χ4n) is 1.75. The highest BCUT2D eigenvalue weighted by Gasteiger charge is 2.18. The summed E-state index contributed by atoms with van der Waals surface area (Å²) in [7, 11) is 0. The molecule has 96 valence electrons. The van der Waals surface area contributed by atoms with Crippen molar-refractivity contribution < 1.29 is 5.11 Å². The maximum atomic E-state index is 9.86. The molecule has 0 spiro atoms. The van der Waals surface area contributed by atoms with Gasteiger partial charge in [0.25, 0.3) is 0 Å². The van der Waals surface area contributed by atoms with Gasteiger partial charge in [-0.1, -0.05) is 17.7 Å². The minimum absolute atomic E-state index is 0.441. The van der Waals surface area contributed by atoms with Crippen LogP contribution in [0.15, 0.2) is 18.2 Å². The van der Waals surface area contributed by atoms with Crippen LogP contribution in [0.2, 0.25) is 5.02 Å². The first-order valence-electron chi connectivity index (χ1n) is 5.83. The molecule has 0 heterocycles. The summed E-state index contributed by atoms with van der Waals surface area (Å²) in [4.78, 5) is 2.09. The zero-order chi connectivity index (χ0) is 13.1. The molecule has 1 aromatic rings. The standard InChI is InChI=1S/C13H21ClN2O/c1-4-16(9-13(2,3)17)11-6-5-10(8-15)12(14)7-11/h5-7,17H,4,8-9,15H2,1-3H3. The van der Waals surface area contributed by atoms with Crippen molar-refractivity contribution in [2.75, 3.05) is 18.0 Å². The zero-order valence-electron chi connectivity index (χ0n) is 10.7. The normalized spacial score (nSPS) is 11.6. The summed E-state index contributed by atoms with van der Waals surface area (Å²) in [6, 6.07) is 5.83. The van der Waals surface area contributed by atoms with Crippen molar-refractivity contribution in [3.8, 4) is 0 Å². The first kappa shape index (κ1) is 14.3. The van der Waals surface area contributed by atoms with E-state index in [0.717, 1.165) is 17.8 Å². The van der Waals surface area contributed by atoms with Gasteiger partial charge in [0.05, 0.1) is 5.60 Å². The van der Waals surface area contributed by atoms with E-state index in [1.54, 1.807) is 13.8 Å². The van der Waals surface area contributed by atoms with Gasteiger partial charge in [-0.15, -0.1) is 0 Å². The SMILES string of the molecule is CCN(CC(C)(C)O)c1ccc(CN)c(Cl)c1. The van der Waals surface area contributed by atoms with E-state index in [2.05, 4.69) is 11.8 Å². The number of nitrogens with two attached hydrogens (primary N) is 1. The van der Waals surface area contributed by atoms with Crippen LogP contribution < -0.4 is 10.6 Å². The third-order valence-electron chi connectivity index (χ3n) is 2.58. The van der Waals surface area contributed by atoms with Crippen molar-refractivity contribution in [3.05, 3.63) is 28.8 Å². The molecule has 0 aliphatic rings. The van der Waals surface area contributed by atoms with Gasteiger partial charge < -0.3 is 15.7 Å². The van der Waals surface area contributed by atoms with E-state index in [0.29, 0.717) is 18.1 Å². The van der Waals surface area contributed by atoms with Gasteiger partial charge in [0.15, 0.2) is 0 Å². The van der Waals surface area contributed by atoms with E-state index in [9.17, 15) is 5.11 Å². The number of hydrogen-bond acceptors (Lipinski definition) is 3. The molecule has 17 heavy (non-hydrogen) atoms. The second-order valence-electron chi connectivity index (χ2n) is 4.81. The molecule has 0 atom stereocenters. The maximum absolute atomic E-state index is 9.86. The fourth-order valence-corrected chi connectivity index (χ4v) is 2.00. The molecule has 0 saturated carbocycles. The lowest BCUT2D eigenvalue weighted by molar-refractivity contribution is 0.0876. The van der Waals surface area contributed by atoms with E-state index < -0.39 is 5.60 Å². The van der Waals surface area contributed by atoms with Crippen LogP contribution in [0.3, 0.4) is 0 Å². The Morgan fingerprint density at radius 2 is 2.06 bits per heavy atom. The Bertz CT molecular complexity index is 374. The van der Waals surface area contributed by atoms with E-state index in [1.165, 1.54) is 0 Å². The number of halogens is 1. The molecular weight excluding hydrogens is 236 g/mol. The molecule has 1 aromatic carbocycles. The number of nitrogens with zero attached hydrogens (tertiary/aromatic N) is 1. The minimum atomic E-state index is -0.727. The van der Waals surface area contributed by atoms with Crippen LogP contribution in [-0.2, 0) is 6.54 Å². The summed E-state index contributed by atoms with van der Waals surface area (Å²) in [5, 5.41) is 10.5. The Labute approximate surface area is 108 Å². The molecule has 3 N–H and O–H groups in total. The van der Waals surface area contributed by atoms with Crippen LogP contribution >= 0.6 is 11.6 Å². The molecular formula is C13H21ClN2O. The second kappa shape index (κ2) is 5.71. The quantitative estimate of drug-likeness (QED) is 0.851. The van der Waals surface area contributed by atoms with Crippen LogP contribution in [0, 0.1) is 0 Å². The van der Waals surface area contributed by atoms with E-state index in [-0.39, 0.29) is 0 Å². The lowest BCUT2D eigenvalue weighted by Crippen LogP contribution is -2.38. The van der Waals surface area contributed by atoms with E-state index in [1.807, 2.05) is 18.2 Å². The van der Waals surface area contributed by atoms with Crippen LogP contribution in [0.5, 0.6) is 0 Å². The summed E-state index contributed by atoms with van der Waals surface area (Å²) in [5.41, 5.74) is 6.80. The molecule has 3 nitrogen and oxygen atoms in total. The Hall–Kier alpha value is -0.770. The summed E-state index contributed by atoms with van der Waals surface area (Å²) in [6.45, 7) is 7.48. The van der Waals surface area contributed by atoms with Crippen molar-refractivity contribution in [3.63, 3.8) is 0 Å². The molecule has 0 unspecified atom stereocenters. The Balaban J connectivity index is 2.93. The molecule has 0 aliphatic heterocycles. The van der Waals surface area contributed by atoms with Crippen LogP contribution in [0.25, 0.3) is 0 Å². The van der Waals surface area contributed by atoms with Crippen molar-refractivity contribution in [1.82, 2.24) is 0 Å². The molecule has 0 aromatic heterocycles. The van der Waals surface area contributed by atoms with Gasteiger partial charge >= 0.3 is 0 Å². The summed E-state index contributed by atoms with van der Waals surface area (Å²) < 4.78 is 0. The zero-order valence-corrected chi connectivity index (χ0v) is 11.5. The molecule has 0 amide bonds. The minimum Gasteiger partial charge on any atom is -0.389 e. The summed E-state index contributed by atoms with van der Waals surface area (Å²) >= 11 is 6.13. The van der Waals surface area contributed by atoms with Gasteiger partial charge in [-0.2, -0.15) is 0 Å². The molecule has 0 radical (unpaired) electrons. The third kappa shape index (κ3) is 4.19. The predicted octanol–water partition coefficient (Wildman–Crippen LogP) is 2.40. The van der Waals surface area contributed by atoms with Crippen LogP contribution in [-0.4, -0.2) is 23.8 Å². The monoisotopic (exact) mass is 256 g/mol. The molecule has 0 saturated heterocycles. The van der Waals surface area contributed by atoms with Crippen LogP contribution in [0.1, 0.15) is 26.3 Å². The van der Waals surface area contributed by atoms with Gasteiger partial charge in [-0.05, 0) is 38.5 Å². The van der Waals surface area contributed by atoms with Gasteiger partial charge in [0.2, 0.25) is 0 Å². The predicted molar refractivity (Wildman–Crippen MR) is 73.5 cm³/mol. The summed E-state index contributed by atoms with van der Waals surface area (Å²) in [5.74, 6) is 0. The highest BCUT2D eigenvalue weighted by Crippen LogP contribution is 2.24. The second-order valence-corrected chi connectivity index (χ2v) is 5.21. The van der Waals surface area contributed by atoms with Crippen molar-refractivity contribution in [2.24, 2.45) is 5.73 Å². The van der Waals surface area contributed by atoms with E-state index in [4.69, 9.17) is 17.3 Å². The Morgan fingerprint density at radius 3 is 2.47 bits per heavy atom. The number of rotatable bonds is 5. The van der Waals surface area contributed by atoms with Crippen molar-refractivity contribution >= 4 is 17.3 Å². The number of benzene rings is 1. The lowest BCUT2D eigenvalue weighted by atomic mass is 10.1.